The number of hydrogen-bond acceptors (Lipinski definition) is 5. The summed E-state index contributed by atoms with van der Waals surface area (Å²) in [6.07, 6.45) is -4.53. The third kappa shape index (κ3) is 4.30. The molecule has 0 saturated heterocycles. The number of aromatic nitrogens is 2. The molecule has 3 aromatic rings. The van der Waals surface area contributed by atoms with Gasteiger partial charge in [-0.2, -0.15) is 13.2 Å². The molecular weight excluding hydrogens is 375 g/mol. The highest BCUT2D eigenvalue weighted by Crippen LogP contribution is 2.31. The number of halogens is 3. The Morgan fingerprint density at radius 3 is 2.43 bits per heavy atom. The van der Waals surface area contributed by atoms with Gasteiger partial charge in [-0.05, 0) is 42.8 Å². The standard InChI is InChI=1S/C19H16F3N3O3/c1-2-28-13-6-3-11(4-7-13)10-23-17-16(18(26)27)24-14-8-5-12(19(20,21)22)9-15(14)25-17/h3-9H,2,10H2,1H3,(H,23,25)(H,26,27). The Morgan fingerprint density at radius 2 is 1.82 bits per heavy atom. The molecule has 2 N–H and O–H groups in total. The summed E-state index contributed by atoms with van der Waals surface area (Å²) in [6.45, 7) is 2.61. The molecule has 3 rings (SSSR count). The van der Waals surface area contributed by atoms with Crippen LogP contribution in [0.15, 0.2) is 42.5 Å². The minimum absolute atomic E-state index is 0.0472. The highest BCUT2D eigenvalue weighted by atomic mass is 19.4. The monoisotopic (exact) mass is 391 g/mol. The van der Waals surface area contributed by atoms with Crippen molar-refractivity contribution in [2.75, 3.05) is 11.9 Å². The first-order valence-corrected chi connectivity index (χ1v) is 8.36. The fraction of sp³-hybridized carbons (Fsp3) is 0.211. The van der Waals surface area contributed by atoms with Gasteiger partial charge in [-0.25, -0.2) is 14.8 Å². The van der Waals surface area contributed by atoms with E-state index in [2.05, 4.69) is 15.3 Å². The van der Waals surface area contributed by atoms with Crippen LogP contribution in [0.25, 0.3) is 11.0 Å². The molecule has 2 aromatic carbocycles. The Bertz CT molecular complexity index is 1000. The molecule has 0 aliphatic rings. The van der Waals surface area contributed by atoms with E-state index in [1.165, 1.54) is 0 Å². The van der Waals surface area contributed by atoms with Gasteiger partial charge in [-0.1, -0.05) is 12.1 Å². The van der Waals surface area contributed by atoms with Gasteiger partial charge in [-0.3, -0.25) is 0 Å². The topological polar surface area (TPSA) is 84.3 Å². The summed E-state index contributed by atoms with van der Waals surface area (Å²) in [5.41, 5.74) is -0.412. The van der Waals surface area contributed by atoms with Gasteiger partial charge in [0.25, 0.3) is 0 Å². The molecule has 0 bridgehead atoms. The highest BCUT2D eigenvalue weighted by molar-refractivity contribution is 5.94. The van der Waals surface area contributed by atoms with E-state index in [4.69, 9.17) is 4.74 Å². The van der Waals surface area contributed by atoms with E-state index in [0.29, 0.717) is 12.4 Å². The molecule has 1 aromatic heterocycles. The molecule has 0 saturated carbocycles. The third-order valence-corrected chi connectivity index (χ3v) is 3.89. The van der Waals surface area contributed by atoms with E-state index >= 15 is 0 Å². The zero-order chi connectivity index (χ0) is 20.3. The number of carboxylic acids is 1. The van der Waals surface area contributed by atoms with Crippen LogP contribution in [0.2, 0.25) is 0 Å². The highest BCUT2D eigenvalue weighted by Gasteiger charge is 2.31. The molecular formula is C19H16F3N3O3. The first-order valence-electron chi connectivity index (χ1n) is 8.36. The molecule has 146 valence electrons. The molecule has 6 nitrogen and oxygen atoms in total. The van der Waals surface area contributed by atoms with Crippen molar-refractivity contribution in [2.24, 2.45) is 0 Å². The van der Waals surface area contributed by atoms with Crippen molar-refractivity contribution in [2.45, 2.75) is 19.6 Å². The zero-order valence-corrected chi connectivity index (χ0v) is 14.7. The summed E-state index contributed by atoms with van der Waals surface area (Å²) >= 11 is 0. The predicted octanol–water partition coefficient (Wildman–Crippen LogP) is 4.36. The Hall–Kier alpha value is -3.36. The number of fused-ring (bicyclic) bond motifs is 1. The summed E-state index contributed by atoms with van der Waals surface area (Å²) in [5.74, 6) is -0.737. The fourth-order valence-electron chi connectivity index (χ4n) is 2.56. The van der Waals surface area contributed by atoms with Crippen molar-refractivity contribution in [1.82, 2.24) is 9.97 Å². The van der Waals surface area contributed by atoms with Crippen molar-refractivity contribution >= 4 is 22.8 Å². The van der Waals surface area contributed by atoms with Gasteiger partial charge < -0.3 is 15.2 Å². The number of hydrogen-bond donors (Lipinski definition) is 2. The second-order valence-electron chi connectivity index (χ2n) is 5.86. The van der Waals surface area contributed by atoms with E-state index in [0.717, 1.165) is 23.8 Å². The molecule has 0 fully saturated rings. The van der Waals surface area contributed by atoms with Crippen LogP contribution in [-0.2, 0) is 12.7 Å². The van der Waals surface area contributed by atoms with Crippen LogP contribution < -0.4 is 10.1 Å². The van der Waals surface area contributed by atoms with Gasteiger partial charge in [0.1, 0.15) is 5.75 Å². The third-order valence-electron chi connectivity index (χ3n) is 3.89. The van der Waals surface area contributed by atoms with Crippen molar-refractivity contribution in [3.8, 4) is 5.75 Å². The Labute approximate surface area is 158 Å². The van der Waals surface area contributed by atoms with E-state index < -0.39 is 17.7 Å². The molecule has 0 spiro atoms. The minimum Gasteiger partial charge on any atom is -0.494 e. The van der Waals surface area contributed by atoms with Crippen molar-refractivity contribution in [3.63, 3.8) is 0 Å². The normalized spacial score (nSPS) is 11.4. The smallest absolute Gasteiger partial charge is 0.416 e. The number of benzene rings is 2. The lowest BCUT2D eigenvalue weighted by atomic mass is 10.2. The number of nitrogens with zero attached hydrogens (tertiary/aromatic N) is 2. The van der Waals surface area contributed by atoms with Crippen LogP contribution in [0.4, 0.5) is 19.0 Å². The summed E-state index contributed by atoms with van der Waals surface area (Å²) in [4.78, 5) is 19.5. The van der Waals surface area contributed by atoms with Crippen LogP contribution in [0.3, 0.4) is 0 Å². The number of carbonyl (C=O) groups is 1. The molecule has 0 atom stereocenters. The second-order valence-corrected chi connectivity index (χ2v) is 5.86. The lowest BCUT2D eigenvalue weighted by molar-refractivity contribution is -0.137. The summed E-state index contributed by atoms with van der Waals surface area (Å²) < 4.78 is 44.1. The van der Waals surface area contributed by atoms with Gasteiger partial charge in [0.15, 0.2) is 11.5 Å². The Kier molecular flexibility index (Phi) is 5.34. The molecule has 1 heterocycles. The number of rotatable bonds is 6. The SMILES string of the molecule is CCOc1ccc(CNc2nc3cc(C(F)(F)F)ccc3nc2C(=O)O)cc1. The maximum atomic E-state index is 12.9. The summed E-state index contributed by atoms with van der Waals surface area (Å²) in [5, 5.41) is 12.2. The van der Waals surface area contributed by atoms with E-state index in [1.807, 2.05) is 6.92 Å². The minimum atomic E-state index is -4.53. The Morgan fingerprint density at radius 1 is 1.11 bits per heavy atom. The van der Waals surface area contributed by atoms with Crippen molar-refractivity contribution in [1.29, 1.82) is 0 Å². The Balaban J connectivity index is 1.91. The van der Waals surface area contributed by atoms with Crippen LogP contribution in [0.5, 0.6) is 5.75 Å². The average Bonchev–Trinajstić information content (AvgIpc) is 2.65. The molecule has 9 heteroatoms. The zero-order valence-electron chi connectivity index (χ0n) is 14.7. The van der Waals surface area contributed by atoms with Gasteiger partial charge in [0, 0.05) is 6.54 Å². The molecule has 0 unspecified atom stereocenters. The maximum absolute atomic E-state index is 12.9. The fourth-order valence-corrected chi connectivity index (χ4v) is 2.56. The lowest BCUT2D eigenvalue weighted by Crippen LogP contribution is -2.12. The lowest BCUT2D eigenvalue weighted by Gasteiger charge is -2.12. The first-order chi connectivity index (χ1) is 13.3. The molecule has 0 amide bonds. The summed E-state index contributed by atoms with van der Waals surface area (Å²) in [6, 6.07) is 9.89. The number of nitrogens with one attached hydrogen (secondary N) is 1. The number of anilines is 1. The van der Waals surface area contributed by atoms with Gasteiger partial charge in [-0.15, -0.1) is 0 Å². The quantitative estimate of drug-likeness (QED) is 0.650. The van der Waals surface area contributed by atoms with E-state index in [1.54, 1.807) is 24.3 Å². The molecule has 0 aliphatic heterocycles. The van der Waals surface area contributed by atoms with Crippen molar-refractivity contribution < 1.29 is 27.8 Å². The van der Waals surface area contributed by atoms with Crippen LogP contribution in [-0.4, -0.2) is 27.7 Å². The van der Waals surface area contributed by atoms with E-state index in [9.17, 15) is 23.1 Å². The van der Waals surface area contributed by atoms with Crippen LogP contribution >= 0.6 is 0 Å². The molecule has 0 radical (unpaired) electrons. The number of alkyl halides is 3. The average molecular weight is 391 g/mol. The number of aromatic carboxylic acids is 1. The van der Waals surface area contributed by atoms with Crippen LogP contribution in [0, 0.1) is 0 Å². The predicted molar refractivity (Wildman–Crippen MR) is 96.4 cm³/mol. The van der Waals surface area contributed by atoms with E-state index in [-0.39, 0.29) is 29.1 Å². The number of ether oxygens (including phenoxy) is 1. The second kappa shape index (κ2) is 7.71. The van der Waals surface area contributed by atoms with Gasteiger partial charge in [0.2, 0.25) is 0 Å². The van der Waals surface area contributed by atoms with Crippen molar-refractivity contribution in [3.05, 3.63) is 59.3 Å². The molecule has 0 aliphatic carbocycles. The first kappa shape index (κ1) is 19.4. The summed E-state index contributed by atoms with van der Waals surface area (Å²) in [7, 11) is 0. The largest absolute Gasteiger partial charge is 0.494 e. The maximum Gasteiger partial charge on any atom is 0.416 e. The molecule has 28 heavy (non-hydrogen) atoms. The van der Waals surface area contributed by atoms with Crippen LogP contribution in [0.1, 0.15) is 28.5 Å². The number of carboxylic acid groups (broad SMARTS) is 1. The van der Waals surface area contributed by atoms with Gasteiger partial charge in [0.05, 0.1) is 23.2 Å². The van der Waals surface area contributed by atoms with Gasteiger partial charge >= 0.3 is 12.1 Å².